The lowest BCUT2D eigenvalue weighted by Crippen LogP contribution is -2.15. The average molecular weight is 229 g/mol. The molecule has 0 aliphatic rings. The number of hydrogen-bond acceptors (Lipinski definition) is 2. The van der Waals surface area contributed by atoms with Crippen LogP contribution in [0.2, 0.25) is 0 Å². The van der Waals surface area contributed by atoms with Crippen molar-refractivity contribution in [2.45, 2.75) is 13.8 Å². The van der Waals surface area contributed by atoms with E-state index in [0.29, 0.717) is 11.4 Å². The third kappa shape index (κ3) is 2.36. The van der Waals surface area contributed by atoms with Gasteiger partial charge in [-0.3, -0.25) is 9.48 Å². The Morgan fingerprint density at radius 2 is 2.00 bits per heavy atom. The normalized spacial score (nSPS) is 10.3. The second-order valence-electron chi connectivity index (χ2n) is 4.06. The number of nitrogens with zero attached hydrogens (tertiary/aromatic N) is 2. The first-order chi connectivity index (χ1) is 8.08. The van der Waals surface area contributed by atoms with Crippen LogP contribution < -0.4 is 5.32 Å². The van der Waals surface area contributed by atoms with Crippen molar-refractivity contribution >= 4 is 11.7 Å². The molecule has 0 aliphatic heterocycles. The van der Waals surface area contributed by atoms with Crippen molar-refractivity contribution in [1.29, 1.82) is 0 Å². The summed E-state index contributed by atoms with van der Waals surface area (Å²) in [5, 5.41) is 7.03. The number of aryl methyl sites for hydroxylation is 3. The third-order valence-electron chi connectivity index (χ3n) is 2.63. The summed E-state index contributed by atoms with van der Waals surface area (Å²) in [6.07, 6.45) is 0. The summed E-state index contributed by atoms with van der Waals surface area (Å²) < 4.78 is 1.66. The highest BCUT2D eigenvalue weighted by molar-refractivity contribution is 6.04. The number of benzene rings is 1. The standard InChI is InChI=1S/C13H15N3O/c1-9-6-4-5-7-11(9)13(17)14-12-8-10(2)15-16(12)3/h4-8H,1-3H3,(H,14,17). The van der Waals surface area contributed by atoms with Crippen molar-refractivity contribution in [1.82, 2.24) is 9.78 Å². The number of anilines is 1. The van der Waals surface area contributed by atoms with Crippen LogP contribution >= 0.6 is 0 Å². The lowest BCUT2D eigenvalue weighted by molar-refractivity contribution is 0.102. The Bertz CT molecular complexity index is 558. The van der Waals surface area contributed by atoms with Crippen molar-refractivity contribution in [3.8, 4) is 0 Å². The van der Waals surface area contributed by atoms with E-state index in [9.17, 15) is 4.79 Å². The Morgan fingerprint density at radius 1 is 1.29 bits per heavy atom. The smallest absolute Gasteiger partial charge is 0.257 e. The number of rotatable bonds is 2. The minimum absolute atomic E-state index is 0.105. The molecule has 88 valence electrons. The molecule has 1 heterocycles. The van der Waals surface area contributed by atoms with Crippen molar-refractivity contribution in [3.63, 3.8) is 0 Å². The number of carbonyl (C=O) groups excluding carboxylic acids is 1. The first-order valence-electron chi connectivity index (χ1n) is 5.45. The zero-order valence-corrected chi connectivity index (χ0v) is 10.2. The molecule has 0 unspecified atom stereocenters. The topological polar surface area (TPSA) is 46.9 Å². The lowest BCUT2D eigenvalue weighted by atomic mass is 10.1. The molecule has 4 nitrogen and oxygen atoms in total. The van der Waals surface area contributed by atoms with Gasteiger partial charge in [-0.2, -0.15) is 5.10 Å². The monoisotopic (exact) mass is 229 g/mol. The van der Waals surface area contributed by atoms with E-state index in [2.05, 4.69) is 10.4 Å². The molecular weight excluding hydrogens is 214 g/mol. The molecular formula is C13H15N3O. The van der Waals surface area contributed by atoms with Gasteiger partial charge in [0.1, 0.15) is 5.82 Å². The highest BCUT2D eigenvalue weighted by Gasteiger charge is 2.10. The first kappa shape index (κ1) is 11.4. The molecule has 0 radical (unpaired) electrons. The zero-order valence-electron chi connectivity index (χ0n) is 10.2. The Hall–Kier alpha value is -2.10. The van der Waals surface area contributed by atoms with Gasteiger partial charge in [-0.1, -0.05) is 18.2 Å². The summed E-state index contributed by atoms with van der Waals surface area (Å²) in [5.41, 5.74) is 2.53. The van der Waals surface area contributed by atoms with E-state index in [1.165, 1.54) is 0 Å². The molecule has 1 N–H and O–H groups in total. The quantitative estimate of drug-likeness (QED) is 0.858. The largest absolute Gasteiger partial charge is 0.307 e. The van der Waals surface area contributed by atoms with E-state index in [0.717, 1.165) is 11.3 Å². The molecule has 1 amide bonds. The molecule has 1 aromatic heterocycles. The van der Waals surface area contributed by atoms with Gasteiger partial charge in [-0.25, -0.2) is 0 Å². The van der Waals surface area contributed by atoms with Gasteiger partial charge >= 0.3 is 0 Å². The predicted octanol–water partition coefficient (Wildman–Crippen LogP) is 2.29. The molecule has 1 aromatic carbocycles. The van der Waals surface area contributed by atoms with E-state index in [4.69, 9.17) is 0 Å². The van der Waals surface area contributed by atoms with E-state index in [-0.39, 0.29) is 5.91 Å². The van der Waals surface area contributed by atoms with Gasteiger partial charge in [0, 0.05) is 18.7 Å². The van der Waals surface area contributed by atoms with Crippen LogP contribution in [-0.4, -0.2) is 15.7 Å². The van der Waals surface area contributed by atoms with Gasteiger partial charge in [-0.15, -0.1) is 0 Å². The second-order valence-corrected chi connectivity index (χ2v) is 4.06. The molecule has 4 heteroatoms. The van der Waals surface area contributed by atoms with Crippen molar-refractivity contribution in [3.05, 3.63) is 47.2 Å². The van der Waals surface area contributed by atoms with E-state index in [1.54, 1.807) is 11.7 Å². The van der Waals surface area contributed by atoms with E-state index in [1.807, 2.05) is 44.2 Å². The molecule has 2 rings (SSSR count). The summed E-state index contributed by atoms with van der Waals surface area (Å²) in [4.78, 5) is 12.0. The molecule has 0 aliphatic carbocycles. The van der Waals surface area contributed by atoms with Crippen LogP contribution in [0.4, 0.5) is 5.82 Å². The molecule has 0 saturated heterocycles. The number of amides is 1. The van der Waals surface area contributed by atoms with Crippen LogP contribution in [0, 0.1) is 13.8 Å². The summed E-state index contributed by atoms with van der Waals surface area (Å²) in [7, 11) is 1.81. The zero-order chi connectivity index (χ0) is 12.4. The summed E-state index contributed by atoms with van der Waals surface area (Å²) in [6, 6.07) is 9.35. The third-order valence-corrected chi connectivity index (χ3v) is 2.63. The summed E-state index contributed by atoms with van der Waals surface area (Å²) in [6.45, 7) is 3.81. The number of aromatic nitrogens is 2. The highest BCUT2D eigenvalue weighted by Crippen LogP contribution is 2.12. The molecule has 0 saturated carbocycles. The van der Waals surface area contributed by atoms with Crippen LogP contribution in [0.15, 0.2) is 30.3 Å². The Kier molecular flexibility index (Phi) is 2.95. The van der Waals surface area contributed by atoms with Gasteiger partial charge < -0.3 is 5.32 Å². The maximum Gasteiger partial charge on any atom is 0.257 e. The molecule has 2 aromatic rings. The Balaban J connectivity index is 2.23. The van der Waals surface area contributed by atoms with Crippen molar-refractivity contribution in [2.75, 3.05) is 5.32 Å². The molecule has 0 spiro atoms. The maximum absolute atomic E-state index is 12.0. The van der Waals surface area contributed by atoms with Crippen LogP contribution in [0.25, 0.3) is 0 Å². The minimum atomic E-state index is -0.105. The van der Waals surface area contributed by atoms with Gasteiger partial charge in [0.15, 0.2) is 0 Å². The molecule has 0 bridgehead atoms. The second kappa shape index (κ2) is 4.41. The van der Waals surface area contributed by atoms with Crippen LogP contribution in [0.1, 0.15) is 21.6 Å². The summed E-state index contributed by atoms with van der Waals surface area (Å²) in [5.74, 6) is 0.599. The Labute approximate surface area is 100 Å². The van der Waals surface area contributed by atoms with E-state index >= 15 is 0 Å². The molecule has 17 heavy (non-hydrogen) atoms. The van der Waals surface area contributed by atoms with Gasteiger partial charge in [-0.05, 0) is 25.5 Å². The fourth-order valence-electron chi connectivity index (χ4n) is 1.74. The number of hydrogen-bond donors (Lipinski definition) is 1. The average Bonchev–Trinajstić information content (AvgIpc) is 2.58. The molecule has 0 fully saturated rings. The number of carbonyl (C=O) groups is 1. The lowest BCUT2D eigenvalue weighted by Gasteiger charge is -2.07. The predicted molar refractivity (Wildman–Crippen MR) is 67.1 cm³/mol. The van der Waals surface area contributed by atoms with Crippen LogP contribution in [0.5, 0.6) is 0 Å². The Morgan fingerprint density at radius 3 is 2.59 bits per heavy atom. The number of nitrogens with one attached hydrogen (secondary N) is 1. The first-order valence-corrected chi connectivity index (χ1v) is 5.45. The minimum Gasteiger partial charge on any atom is -0.307 e. The summed E-state index contributed by atoms with van der Waals surface area (Å²) >= 11 is 0. The van der Waals surface area contributed by atoms with Gasteiger partial charge in [0.2, 0.25) is 0 Å². The van der Waals surface area contributed by atoms with Crippen LogP contribution in [0.3, 0.4) is 0 Å². The fraction of sp³-hybridized carbons (Fsp3) is 0.231. The van der Waals surface area contributed by atoms with Crippen molar-refractivity contribution in [2.24, 2.45) is 7.05 Å². The van der Waals surface area contributed by atoms with E-state index < -0.39 is 0 Å². The van der Waals surface area contributed by atoms with Gasteiger partial charge in [0.05, 0.1) is 5.69 Å². The maximum atomic E-state index is 12.0. The SMILES string of the molecule is Cc1cc(NC(=O)c2ccccc2C)n(C)n1. The van der Waals surface area contributed by atoms with Gasteiger partial charge in [0.25, 0.3) is 5.91 Å². The van der Waals surface area contributed by atoms with Crippen molar-refractivity contribution < 1.29 is 4.79 Å². The molecule has 0 atom stereocenters. The fourth-order valence-corrected chi connectivity index (χ4v) is 1.74. The van der Waals surface area contributed by atoms with Crippen LogP contribution in [-0.2, 0) is 7.05 Å². The highest BCUT2D eigenvalue weighted by atomic mass is 16.1.